The van der Waals surface area contributed by atoms with E-state index in [1.54, 1.807) is 6.20 Å². The summed E-state index contributed by atoms with van der Waals surface area (Å²) < 4.78 is 5.28. The van der Waals surface area contributed by atoms with E-state index in [-0.39, 0.29) is 5.92 Å². The van der Waals surface area contributed by atoms with E-state index in [9.17, 15) is 0 Å². The number of aromatic nitrogens is 3. The molecule has 1 saturated heterocycles. The topological polar surface area (TPSA) is 63.8 Å². The predicted molar refractivity (Wildman–Crippen MR) is 61.6 cm³/mol. The zero-order chi connectivity index (χ0) is 11.7. The Kier molecular flexibility index (Phi) is 2.60. The van der Waals surface area contributed by atoms with E-state index in [0.717, 1.165) is 19.0 Å². The van der Waals surface area contributed by atoms with E-state index >= 15 is 0 Å². The first-order valence-electron chi connectivity index (χ1n) is 5.75. The summed E-state index contributed by atoms with van der Waals surface area (Å²) in [6.45, 7) is 3.65. The molecule has 0 bridgehead atoms. The minimum absolute atomic E-state index is 0.250. The summed E-state index contributed by atoms with van der Waals surface area (Å²) in [6.07, 6.45) is 3.70. The van der Waals surface area contributed by atoms with Gasteiger partial charge in [0.1, 0.15) is 0 Å². The van der Waals surface area contributed by atoms with Crippen molar-refractivity contribution in [2.45, 2.75) is 18.8 Å². The van der Waals surface area contributed by atoms with Crippen LogP contribution in [0, 0.1) is 6.92 Å². The molecule has 0 aliphatic carbocycles. The summed E-state index contributed by atoms with van der Waals surface area (Å²) in [4.78, 5) is 8.50. The van der Waals surface area contributed by atoms with Crippen molar-refractivity contribution in [1.29, 1.82) is 0 Å². The van der Waals surface area contributed by atoms with Crippen molar-refractivity contribution in [1.82, 2.24) is 20.4 Å². The van der Waals surface area contributed by atoms with Crippen molar-refractivity contribution in [2.24, 2.45) is 0 Å². The van der Waals surface area contributed by atoms with Gasteiger partial charge in [0.2, 0.25) is 5.89 Å². The zero-order valence-electron chi connectivity index (χ0n) is 9.63. The molecule has 5 heteroatoms. The quantitative estimate of drug-likeness (QED) is 0.841. The molecular weight excluding hydrogens is 216 g/mol. The van der Waals surface area contributed by atoms with Gasteiger partial charge < -0.3 is 9.84 Å². The van der Waals surface area contributed by atoms with Gasteiger partial charge in [0.25, 0.3) is 0 Å². The lowest BCUT2D eigenvalue weighted by Gasteiger charge is -2.14. The fourth-order valence-corrected chi connectivity index (χ4v) is 2.35. The molecule has 88 valence electrons. The van der Waals surface area contributed by atoms with Crippen molar-refractivity contribution in [3.8, 4) is 0 Å². The van der Waals surface area contributed by atoms with Gasteiger partial charge in [-0.15, -0.1) is 0 Å². The van der Waals surface area contributed by atoms with E-state index in [0.29, 0.717) is 11.7 Å². The van der Waals surface area contributed by atoms with Gasteiger partial charge >= 0.3 is 0 Å². The van der Waals surface area contributed by atoms with E-state index < -0.39 is 0 Å². The summed E-state index contributed by atoms with van der Waals surface area (Å²) in [5.74, 6) is 2.03. The van der Waals surface area contributed by atoms with Gasteiger partial charge in [0, 0.05) is 31.4 Å². The second-order valence-corrected chi connectivity index (χ2v) is 4.34. The molecule has 5 nitrogen and oxygen atoms in total. The van der Waals surface area contributed by atoms with Crippen molar-refractivity contribution < 1.29 is 4.52 Å². The molecule has 3 rings (SSSR count). The van der Waals surface area contributed by atoms with Crippen LogP contribution in [0.5, 0.6) is 0 Å². The number of hydrogen-bond acceptors (Lipinski definition) is 5. The fourth-order valence-electron chi connectivity index (χ4n) is 2.35. The van der Waals surface area contributed by atoms with Gasteiger partial charge in [-0.25, -0.2) is 0 Å². The van der Waals surface area contributed by atoms with Crippen LogP contribution in [0.3, 0.4) is 0 Å². The fraction of sp³-hybridized carbons (Fsp3) is 0.417. The lowest BCUT2D eigenvalue weighted by atomic mass is 9.90. The molecule has 3 heterocycles. The smallest absolute Gasteiger partial charge is 0.231 e. The molecule has 0 saturated carbocycles. The van der Waals surface area contributed by atoms with Crippen LogP contribution in [0.1, 0.15) is 29.1 Å². The van der Waals surface area contributed by atoms with Crippen molar-refractivity contribution in [3.05, 3.63) is 41.8 Å². The van der Waals surface area contributed by atoms with Gasteiger partial charge in [0.15, 0.2) is 5.82 Å². The van der Waals surface area contributed by atoms with Crippen LogP contribution >= 0.6 is 0 Å². The van der Waals surface area contributed by atoms with E-state index in [1.165, 1.54) is 5.56 Å². The third-order valence-electron chi connectivity index (χ3n) is 3.19. The second kappa shape index (κ2) is 4.25. The number of nitrogens with zero attached hydrogens (tertiary/aromatic N) is 3. The number of nitrogens with one attached hydrogen (secondary N) is 1. The second-order valence-electron chi connectivity index (χ2n) is 4.34. The molecule has 1 aliphatic rings. The van der Waals surface area contributed by atoms with Gasteiger partial charge in [-0.3, -0.25) is 4.98 Å². The largest absolute Gasteiger partial charge is 0.339 e. The average Bonchev–Trinajstić information content (AvgIpc) is 2.98. The average molecular weight is 230 g/mol. The first-order chi connectivity index (χ1) is 8.34. The third kappa shape index (κ3) is 1.93. The van der Waals surface area contributed by atoms with Crippen LogP contribution in [-0.2, 0) is 0 Å². The van der Waals surface area contributed by atoms with Crippen LogP contribution in [0.15, 0.2) is 29.0 Å². The van der Waals surface area contributed by atoms with E-state index in [2.05, 4.69) is 26.5 Å². The monoisotopic (exact) mass is 230 g/mol. The Morgan fingerprint density at radius 3 is 2.94 bits per heavy atom. The van der Waals surface area contributed by atoms with Crippen LogP contribution in [0.4, 0.5) is 0 Å². The van der Waals surface area contributed by atoms with Crippen molar-refractivity contribution >= 4 is 0 Å². The Labute approximate surface area is 99.3 Å². The number of rotatable bonds is 2. The summed E-state index contributed by atoms with van der Waals surface area (Å²) in [7, 11) is 0. The van der Waals surface area contributed by atoms with Crippen LogP contribution < -0.4 is 5.32 Å². The van der Waals surface area contributed by atoms with Crippen LogP contribution in [0.2, 0.25) is 0 Å². The molecule has 2 aromatic rings. The Hall–Kier alpha value is -1.75. The highest BCUT2D eigenvalue weighted by Gasteiger charge is 2.33. The standard InChI is InChI=1S/C12H14N4O/c1-8-15-12(17-16-8)11-7-14-6-10(11)9-3-2-4-13-5-9/h2-5,10-11,14H,6-7H2,1H3/t10-,11-/m1/s1. The SMILES string of the molecule is Cc1noc([C@@H]2CNC[C@@H]2c2cccnc2)n1. The van der Waals surface area contributed by atoms with Gasteiger partial charge in [0.05, 0.1) is 5.92 Å². The maximum atomic E-state index is 5.28. The van der Waals surface area contributed by atoms with Gasteiger partial charge in [-0.1, -0.05) is 11.2 Å². The minimum Gasteiger partial charge on any atom is -0.339 e. The summed E-state index contributed by atoms with van der Waals surface area (Å²) in [6, 6.07) is 4.06. The molecule has 0 unspecified atom stereocenters. The Balaban J connectivity index is 1.90. The summed E-state index contributed by atoms with van der Waals surface area (Å²) in [5, 5.41) is 7.23. The Bertz CT molecular complexity index is 496. The molecule has 1 aliphatic heterocycles. The Morgan fingerprint density at radius 1 is 1.35 bits per heavy atom. The molecule has 1 fully saturated rings. The first-order valence-corrected chi connectivity index (χ1v) is 5.75. The Morgan fingerprint density at radius 2 is 2.24 bits per heavy atom. The molecule has 2 atom stereocenters. The van der Waals surface area contributed by atoms with E-state index in [4.69, 9.17) is 4.52 Å². The first kappa shape index (κ1) is 10.4. The molecule has 1 N–H and O–H groups in total. The number of pyridine rings is 1. The van der Waals surface area contributed by atoms with Gasteiger partial charge in [-0.05, 0) is 18.6 Å². The zero-order valence-corrected chi connectivity index (χ0v) is 9.63. The maximum Gasteiger partial charge on any atom is 0.231 e. The normalized spacial score (nSPS) is 24.1. The number of aryl methyl sites for hydroxylation is 1. The highest BCUT2D eigenvalue weighted by atomic mass is 16.5. The molecule has 0 amide bonds. The van der Waals surface area contributed by atoms with Crippen molar-refractivity contribution in [3.63, 3.8) is 0 Å². The third-order valence-corrected chi connectivity index (χ3v) is 3.19. The van der Waals surface area contributed by atoms with Gasteiger partial charge in [-0.2, -0.15) is 4.98 Å². The maximum absolute atomic E-state index is 5.28. The van der Waals surface area contributed by atoms with E-state index in [1.807, 2.05) is 19.2 Å². The lowest BCUT2D eigenvalue weighted by molar-refractivity contribution is 0.348. The molecule has 0 spiro atoms. The molecule has 2 aromatic heterocycles. The molecule has 0 aromatic carbocycles. The molecule has 17 heavy (non-hydrogen) atoms. The summed E-state index contributed by atoms with van der Waals surface area (Å²) in [5.41, 5.74) is 1.22. The molecule has 0 radical (unpaired) electrons. The van der Waals surface area contributed by atoms with Crippen LogP contribution in [-0.4, -0.2) is 28.2 Å². The summed E-state index contributed by atoms with van der Waals surface area (Å²) >= 11 is 0. The number of hydrogen-bond donors (Lipinski definition) is 1. The van der Waals surface area contributed by atoms with Crippen LogP contribution in [0.25, 0.3) is 0 Å². The molecular formula is C12H14N4O. The van der Waals surface area contributed by atoms with Crippen molar-refractivity contribution in [2.75, 3.05) is 13.1 Å². The predicted octanol–water partition coefficient (Wildman–Crippen LogP) is 1.24. The highest BCUT2D eigenvalue weighted by Crippen LogP contribution is 2.34. The minimum atomic E-state index is 0.250. The highest BCUT2D eigenvalue weighted by molar-refractivity contribution is 5.22. The lowest BCUT2D eigenvalue weighted by Crippen LogP contribution is -2.09.